The maximum atomic E-state index is 11.6. The maximum Gasteiger partial charge on any atom is 0.353 e. The molecule has 0 saturated carbocycles. The molecule has 0 aliphatic rings. The average Bonchev–Trinajstić information content (AvgIpc) is 2.62. The van der Waals surface area contributed by atoms with Crippen molar-refractivity contribution in [3.63, 3.8) is 0 Å². The highest BCUT2D eigenvalue weighted by atomic mass is 16.6. The Balaban J connectivity index is 1.89. The van der Waals surface area contributed by atoms with Crippen molar-refractivity contribution in [3.05, 3.63) is 76.4 Å². The van der Waals surface area contributed by atoms with Crippen LogP contribution in [0.25, 0.3) is 0 Å². The molecule has 0 amide bonds. The van der Waals surface area contributed by atoms with Crippen LogP contribution < -0.4 is 10.6 Å². The van der Waals surface area contributed by atoms with E-state index in [1.54, 1.807) is 18.5 Å². The van der Waals surface area contributed by atoms with Crippen molar-refractivity contribution in [1.29, 1.82) is 0 Å². The highest BCUT2D eigenvalue weighted by Gasteiger charge is 2.23. The van der Waals surface area contributed by atoms with Crippen LogP contribution in [0, 0.1) is 17.0 Å². The standard InChI is InChI=1S/C17H16N6O2/c1-12-5-2-3-7-14(12)22-17-15(23(24)25)16(20-11-21-17)19-10-13-6-4-8-18-9-13/h2-9,11H,10H2,1H3,(H2,19,20,21,22). The number of benzene rings is 1. The molecule has 0 atom stereocenters. The second-order valence-corrected chi connectivity index (χ2v) is 5.33. The van der Waals surface area contributed by atoms with Gasteiger partial charge in [-0.2, -0.15) is 0 Å². The van der Waals surface area contributed by atoms with Gasteiger partial charge in [0.1, 0.15) is 6.33 Å². The third-order valence-corrected chi connectivity index (χ3v) is 3.59. The number of pyridine rings is 1. The third kappa shape index (κ3) is 3.86. The molecule has 0 radical (unpaired) electrons. The quantitative estimate of drug-likeness (QED) is 0.524. The molecule has 2 N–H and O–H groups in total. The van der Waals surface area contributed by atoms with Gasteiger partial charge in [0.25, 0.3) is 0 Å². The molecule has 1 aromatic carbocycles. The summed E-state index contributed by atoms with van der Waals surface area (Å²) in [5.74, 6) is 0.294. The Hall–Kier alpha value is -3.55. The minimum absolute atomic E-state index is 0.142. The number of nitro groups is 1. The summed E-state index contributed by atoms with van der Waals surface area (Å²) in [7, 11) is 0. The van der Waals surface area contributed by atoms with Crippen LogP contribution in [-0.2, 0) is 6.54 Å². The summed E-state index contributed by atoms with van der Waals surface area (Å²) in [6.07, 6.45) is 4.65. The van der Waals surface area contributed by atoms with E-state index in [1.165, 1.54) is 6.33 Å². The molecule has 0 spiro atoms. The van der Waals surface area contributed by atoms with Gasteiger partial charge in [-0.3, -0.25) is 15.1 Å². The summed E-state index contributed by atoms with van der Waals surface area (Å²) in [5, 5.41) is 17.6. The van der Waals surface area contributed by atoms with Crippen molar-refractivity contribution < 1.29 is 4.92 Å². The van der Waals surface area contributed by atoms with E-state index in [2.05, 4.69) is 25.6 Å². The van der Waals surface area contributed by atoms with Crippen molar-refractivity contribution in [3.8, 4) is 0 Å². The van der Waals surface area contributed by atoms with Crippen molar-refractivity contribution >= 4 is 23.0 Å². The number of aryl methyl sites for hydroxylation is 1. The Morgan fingerprint density at radius 3 is 2.64 bits per heavy atom. The van der Waals surface area contributed by atoms with E-state index >= 15 is 0 Å². The van der Waals surface area contributed by atoms with Gasteiger partial charge in [-0.1, -0.05) is 24.3 Å². The van der Waals surface area contributed by atoms with E-state index in [9.17, 15) is 10.1 Å². The molecule has 2 heterocycles. The monoisotopic (exact) mass is 336 g/mol. The molecule has 3 aromatic rings. The fraction of sp³-hybridized carbons (Fsp3) is 0.118. The van der Waals surface area contributed by atoms with Crippen molar-refractivity contribution in [2.24, 2.45) is 0 Å². The molecule has 2 aromatic heterocycles. The van der Waals surface area contributed by atoms with Gasteiger partial charge in [0.15, 0.2) is 0 Å². The predicted octanol–water partition coefficient (Wildman–Crippen LogP) is 3.44. The molecule has 126 valence electrons. The summed E-state index contributed by atoms with van der Waals surface area (Å²) < 4.78 is 0. The van der Waals surface area contributed by atoms with E-state index in [-0.39, 0.29) is 17.3 Å². The fourth-order valence-corrected chi connectivity index (χ4v) is 2.30. The zero-order valence-corrected chi connectivity index (χ0v) is 13.5. The molecular weight excluding hydrogens is 320 g/mol. The van der Waals surface area contributed by atoms with Crippen molar-refractivity contribution in [1.82, 2.24) is 15.0 Å². The molecule has 0 fully saturated rings. The average molecular weight is 336 g/mol. The first kappa shape index (κ1) is 16.3. The normalized spacial score (nSPS) is 10.3. The molecular formula is C17H16N6O2. The highest BCUT2D eigenvalue weighted by molar-refractivity contribution is 5.74. The lowest BCUT2D eigenvalue weighted by atomic mass is 10.2. The van der Waals surface area contributed by atoms with E-state index in [0.29, 0.717) is 6.54 Å². The van der Waals surface area contributed by atoms with Gasteiger partial charge in [0, 0.05) is 24.6 Å². The molecule has 3 rings (SSSR count). The second-order valence-electron chi connectivity index (χ2n) is 5.33. The minimum Gasteiger partial charge on any atom is -0.360 e. The van der Waals surface area contributed by atoms with Gasteiger partial charge in [-0.25, -0.2) is 9.97 Å². The van der Waals surface area contributed by atoms with Gasteiger partial charge >= 0.3 is 5.69 Å². The van der Waals surface area contributed by atoms with Crippen molar-refractivity contribution in [2.45, 2.75) is 13.5 Å². The number of anilines is 3. The number of nitrogens with zero attached hydrogens (tertiary/aromatic N) is 4. The maximum absolute atomic E-state index is 11.6. The highest BCUT2D eigenvalue weighted by Crippen LogP contribution is 2.32. The molecule has 0 aliphatic carbocycles. The first-order valence-electron chi connectivity index (χ1n) is 7.60. The molecule has 8 nitrogen and oxygen atoms in total. The summed E-state index contributed by atoms with van der Waals surface area (Å²) >= 11 is 0. The summed E-state index contributed by atoms with van der Waals surface area (Å²) in [6, 6.07) is 11.2. The SMILES string of the molecule is Cc1ccccc1Nc1ncnc(NCc2cccnc2)c1[N+](=O)[O-]. The lowest BCUT2D eigenvalue weighted by Gasteiger charge is -2.11. The van der Waals surface area contributed by atoms with Crippen LogP contribution in [-0.4, -0.2) is 19.9 Å². The Labute approximate surface area is 144 Å². The Kier molecular flexibility index (Phi) is 4.79. The zero-order chi connectivity index (χ0) is 17.6. The van der Waals surface area contributed by atoms with E-state index < -0.39 is 4.92 Å². The van der Waals surface area contributed by atoms with E-state index in [0.717, 1.165) is 16.8 Å². The number of nitrogens with one attached hydrogen (secondary N) is 2. The van der Waals surface area contributed by atoms with Crippen LogP contribution >= 0.6 is 0 Å². The van der Waals surface area contributed by atoms with Crippen molar-refractivity contribution in [2.75, 3.05) is 10.6 Å². The first-order chi connectivity index (χ1) is 12.1. The smallest absolute Gasteiger partial charge is 0.353 e. The number of hydrogen-bond acceptors (Lipinski definition) is 7. The van der Waals surface area contributed by atoms with Crippen LogP contribution in [0.2, 0.25) is 0 Å². The van der Waals surface area contributed by atoms with Crippen LogP contribution in [0.3, 0.4) is 0 Å². The van der Waals surface area contributed by atoms with Crippen LogP contribution in [0.4, 0.5) is 23.0 Å². The number of rotatable bonds is 6. The predicted molar refractivity (Wildman–Crippen MR) is 94.7 cm³/mol. The largest absolute Gasteiger partial charge is 0.360 e. The zero-order valence-electron chi connectivity index (χ0n) is 13.5. The van der Waals surface area contributed by atoms with Crippen LogP contribution in [0.1, 0.15) is 11.1 Å². The Morgan fingerprint density at radius 1 is 1.12 bits per heavy atom. The van der Waals surface area contributed by atoms with E-state index in [4.69, 9.17) is 0 Å². The lowest BCUT2D eigenvalue weighted by molar-refractivity contribution is -0.383. The molecule has 0 aliphatic heterocycles. The molecule has 0 bridgehead atoms. The topological polar surface area (TPSA) is 106 Å². The molecule has 0 unspecified atom stereocenters. The number of para-hydroxylation sites is 1. The molecule has 25 heavy (non-hydrogen) atoms. The third-order valence-electron chi connectivity index (χ3n) is 3.59. The molecule has 8 heteroatoms. The van der Waals surface area contributed by atoms with Crippen LogP contribution in [0.5, 0.6) is 0 Å². The van der Waals surface area contributed by atoms with Gasteiger partial charge in [0.2, 0.25) is 11.6 Å². The van der Waals surface area contributed by atoms with Gasteiger partial charge in [-0.15, -0.1) is 0 Å². The van der Waals surface area contributed by atoms with Gasteiger partial charge in [-0.05, 0) is 30.2 Å². The number of aromatic nitrogens is 3. The summed E-state index contributed by atoms with van der Waals surface area (Å²) in [4.78, 5) is 23.1. The summed E-state index contributed by atoms with van der Waals surface area (Å²) in [5.41, 5.74) is 2.40. The second kappa shape index (κ2) is 7.35. The van der Waals surface area contributed by atoms with Crippen LogP contribution in [0.15, 0.2) is 55.1 Å². The fourth-order valence-electron chi connectivity index (χ4n) is 2.30. The lowest BCUT2D eigenvalue weighted by Crippen LogP contribution is -2.08. The van der Waals surface area contributed by atoms with Gasteiger partial charge in [0.05, 0.1) is 4.92 Å². The molecule has 0 saturated heterocycles. The Morgan fingerprint density at radius 2 is 1.92 bits per heavy atom. The summed E-state index contributed by atoms with van der Waals surface area (Å²) in [6.45, 7) is 2.28. The Bertz CT molecular complexity index is 885. The van der Waals surface area contributed by atoms with E-state index in [1.807, 2.05) is 37.3 Å². The van der Waals surface area contributed by atoms with Gasteiger partial charge < -0.3 is 10.6 Å². The minimum atomic E-state index is -0.494. The number of hydrogen-bond donors (Lipinski definition) is 2. The first-order valence-corrected chi connectivity index (χ1v) is 7.60.